The molecule has 1 aromatic carbocycles. The van der Waals surface area contributed by atoms with Crippen LogP contribution in [0, 0.1) is 18.6 Å². The van der Waals surface area contributed by atoms with E-state index < -0.39 is 17.7 Å². The molecule has 0 amide bonds. The smallest absolute Gasteiger partial charge is 0.133 e. The van der Waals surface area contributed by atoms with Crippen molar-refractivity contribution in [1.29, 1.82) is 0 Å². The van der Waals surface area contributed by atoms with Crippen molar-refractivity contribution in [3.8, 4) is 0 Å². The number of nitrogens with one attached hydrogen (secondary N) is 1. The van der Waals surface area contributed by atoms with Crippen LogP contribution in [0.15, 0.2) is 12.1 Å². The van der Waals surface area contributed by atoms with E-state index in [1.807, 2.05) is 6.92 Å². The molecule has 0 bridgehead atoms. The number of hydrogen-bond acceptors (Lipinski definition) is 3. The van der Waals surface area contributed by atoms with E-state index in [9.17, 15) is 8.78 Å². The number of hydrogen-bond donors (Lipinski definition) is 2. The van der Waals surface area contributed by atoms with Gasteiger partial charge in [0.2, 0.25) is 0 Å². The fourth-order valence-electron chi connectivity index (χ4n) is 2.54. The lowest BCUT2D eigenvalue weighted by molar-refractivity contribution is 0.388. The number of halogens is 2. The van der Waals surface area contributed by atoms with E-state index >= 15 is 0 Å². The van der Waals surface area contributed by atoms with Gasteiger partial charge in [-0.15, -0.1) is 0 Å². The molecule has 1 saturated heterocycles. The van der Waals surface area contributed by atoms with Gasteiger partial charge in [-0.2, -0.15) is 11.8 Å². The molecule has 0 spiro atoms. The largest absolute Gasteiger partial charge is 0.271 e. The number of thioether (sulfide) groups is 1. The Hall–Kier alpha value is -0.650. The van der Waals surface area contributed by atoms with Crippen molar-refractivity contribution >= 4 is 11.8 Å². The Bertz CT molecular complexity index is 445. The molecule has 2 unspecified atom stereocenters. The van der Waals surface area contributed by atoms with Gasteiger partial charge >= 0.3 is 0 Å². The molecule has 0 aliphatic carbocycles. The zero-order valence-electron chi connectivity index (χ0n) is 10.6. The van der Waals surface area contributed by atoms with Crippen LogP contribution in [0.2, 0.25) is 0 Å². The van der Waals surface area contributed by atoms with Crippen molar-refractivity contribution in [2.45, 2.75) is 37.5 Å². The van der Waals surface area contributed by atoms with Crippen LogP contribution in [-0.2, 0) is 0 Å². The topological polar surface area (TPSA) is 38.0 Å². The second-order valence-corrected chi connectivity index (χ2v) is 6.59. The zero-order valence-corrected chi connectivity index (χ0v) is 11.4. The van der Waals surface area contributed by atoms with Crippen LogP contribution in [-0.4, -0.2) is 10.5 Å². The van der Waals surface area contributed by atoms with E-state index in [1.54, 1.807) is 18.7 Å². The summed E-state index contributed by atoms with van der Waals surface area (Å²) in [5.74, 6) is 5.54. The fraction of sp³-hybridized carbons (Fsp3) is 0.538. The predicted octanol–water partition coefficient (Wildman–Crippen LogP) is 3.06. The van der Waals surface area contributed by atoms with Crippen LogP contribution < -0.4 is 11.3 Å². The van der Waals surface area contributed by atoms with E-state index in [0.29, 0.717) is 5.56 Å². The maximum absolute atomic E-state index is 14.2. The highest BCUT2D eigenvalue weighted by atomic mass is 32.2. The summed E-state index contributed by atoms with van der Waals surface area (Å²) in [6.07, 6.45) is 1.95. The standard InChI is InChI=1S/C13H18F2N2S/c1-8-4-5-9(14)10(11(8)15)12(17-16)13(2)6-3-7-18-13/h4-5,12,17H,3,6-7,16H2,1-2H3. The summed E-state index contributed by atoms with van der Waals surface area (Å²) in [5.41, 5.74) is 3.12. The number of nitrogens with two attached hydrogens (primary N) is 1. The predicted molar refractivity (Wildman–Crippen MR) is 71.3 cm³/mol. The van der Waals surface area contributed by atoms with Gasteiger partial charge in [-0.3, -0.25) is 11.3 Å². The highest BCUT2D eigenvalue weighted by molar-refractivity contribution is 8.00. The Labute approximate surface area is 110 Å². The Kier molecular flexibility index (Phi) is 3.94. The van der Waals surface area contributed by atoms with E-state index in [4.69, 9.17) is 5.84 Å². The van der Waals surface area contributed by atoms with Crippen LogP contribution >= 0.6 is 11.8 Å². The molecule has 0 radical (unpaired) electrons. The molecule has 3 N–H and O–H groups in total. The molecular formula is C13H18F2N2S. The first-order valence-corrected chi connectivity index (χ1v) is 7.03. The molecule has 2 atom stereocenters. The molecule has 1 aromatic rings. The molecule has 2 nitrogen and oxygen atoms in total. The molecule has 1 aliphatic rings. The maximum atomic E-state index is 14.2. The average Bonchev–Trinajstić information content (AvgIpc) is 2.77. The lowest BCUT2D eigenvalue weighted by Gasteiger charge is -2.33. The van der Waals surface area contributed by atoms with Crippen molar-refractivity contribution in [3.05, 3.63) is 34.9 Å². The van der Waals surface area contributed by atoms with Crippen molar-refractivity contribution < 1.29 is 8.78 Å². The summed E-state index contributed by atoms with van der Waals surface area (Å²) in [6, 6.07) is 2.25. The van der Waals surface area contributed by atoms with Gasteiger partial charge in [0.25, 0.3) is 0 Å². The van der Waals surface area contributed by atoms with Gasteiger partial charge in [0.1, 0.15) is 11.6 Å². The van der Waals surface area contributed by atoms with Gasteiger partial charge in [0, 0.05) is 10.3 Å². The molecule has 100 valence electrons. The Balaban J connectivity index is 2.48. The van der Waals surface area contributed by atoms with E-state index in [-0.39, 0.29) is 10.3 Å². The van der Waals surface area contributed by atoms with Crippen molar-refractivity contribution in [2.24, 2.45) is 5.84 Å². The summed E-state index contributed by atoms with van der Waals surface area (Å²) < 4.78 is 27.9. The summed E-state index contributed by atoms with van der Waals surface area (Å²) in [6.45, 7) is 3.65. The Morgan fingerprint density at radius 1 is 1.44 bits per heavy atom. The minimum absolute atomic E-state index is 0.0643. The van der Waals surface area contributed by atoms with Crippen LogP contribution in [0.1, 0.15) is 36.9 Å². The highest BCUT2D eigenvalue weighted by Crippen LogP contribution is 2.47. The fourth-order valence-corrected chi connectivity index (χ4v) is 3.93. The van der Waals surface area contributed by atoms with Crippen molar-refractivity contribution in [1.82, 2.24) is 5.43 Å². The van der Waals surface area contributed by atoms with Gasteiger partial charge < -0.3 is 0 Å². The molecule has 5 heteroatoms. The number of benzene rings is 1. The highest BCUT2D eigenvalue weighted by Gasteiger charge is 2.41. The molecule has 0 aromatic heterocycles. The molecular weight excluding hydrogens is 254 g/mol. The quantitative estimate of drug-likeness (QED) is 0.656. The Morgan fingerprint density at radius 3 is 2.72 bits per heavy atom. The van der Waals surface area contributed by atoms with Gasteiger partial charge in [0.05, 0.1) is 6.04 Å². The van der Waals surface area contributed by atoms with Crippen LogP contribution in [0.4, 0.5) is 8.78 Å². The molecule has 1 heterocycles. The van der Waals surface area contributed by atoms with Gasteiger partial charge in [-0.1, -0.05) is 6.07 Å². The third kappa shape index (κ3) is 2.27. The third-order valence-electron chi connectivity index (χ3n) is 3.63. The molecule has 1 fully saturated rings. The first kappa shape index (κ1) is 13.8. The summed E-state index contributed by atoms with van der Waals surface area (Å²) in [7, 11) is 0. The molecule has 2 rings (SSSR count). The first-order chi connectivity index (χ1) is 8.49. The second-order valence-electron chi connectivity index (χ2n) is 4.96. The van der Waals surface area contributed by atoms with E-state index in [0.717, 1.165) is 18.6 Å². The molecule has 1 aliphatic heterocycles. The summed E-state index contributed by atoms with van der Waals surface area (Å²) in [5, 5.41) is 0. The number of rotatable bonds is 3. The van der Waals surface area contributed by atoms with Crippen LogP contribution in [0.3, 0.4) is 0 Å². The zero-order chi connectivity index (χ0) is 13.3. The van der Waals surface area contributed by atoms with Crippen LogP contribution in [0.5, 0.6) is 0 Å². The van der Waals surface area contributed by atoms with Gasteiger partial charge in [-0.05, 0) is 44.1 Å². The van der Waals surface area contributed by atoms with Gasteiger partial charge in [0.15, 0.2) is 0 Å². The first-order valence-electron chi connectivity index (χ1n) is 6.04. The summed E-state index contributed by atoms with van der Waals surface area (Å²) in [4.78, 5) is 0. The van der Waals surface area contributed by atoms with Crippen LogP contribution in [0.25, 0.3) is 0 Å². The minimum Gasteiger partial charge on any atom is -0.271 e. The second kappa shape index (κ2) is 5.15. The third-order valence-corrected chi connectivity index (χ3v) is 5.23. The monoisotopic (exact) mass is 272 g/mol. The Morgan fingerprint density at radius 2 is 2.17 bits per heavy atom. The minimum atomic E-state index is -0.533. The number of hydrazine groups is 1. The molecule has 18 heavy (non-hydrogen) atoms. The lowest BCUT2D eigenvalue weighted by atomic mass is 9.89. The number of aryl methyl sites for hydroxylation is 1. The SMILES string of the molecule is Cc1ccc(F)c(C(NN)C2(C)CCCS2)c1F. The van der Waals surface area contributed by atoms with Crippen molar-refractivity contribution in [3.63, 3.8) is 0 Å². The van der Waals surface area contributed by atoms with E-state index in [2.05, 4.69) is 5.43 Å². The van der Waals surface area contributed by atoms with Crippen molar-refractivity contribution in [2.75, 3.05) is 5.75 Å². The van der Waals surface area contributed by atoms with E-state index in [1.165, 1.54) is 12.1 Å². The average molecular weight is 272 g/mol. The maximum Gasteiger partial charge on any atom is 0.133 e. The normalized spacial score (nSPS) is 25.4. The lowest BCUT2D eigenvalue weighted by Crippen LogP contribution is -2.42. The van der Waals surface area contributed by atoms with Gasteiger partial charge in [-0.25, -0.2) is 8.78 Å². The molecule has 0 saturated carbocycles. The summed E-state index contributed by atoms with van der Waals surface area (Å²) >= 11 is 1.72.